The molecule has 0 fully saturated rings. The second kappa shape index (κ2) is 6.35. The Morgan fingerprint density at radius 3 is 2.95 bits per heavy atom. The first-order valence-electron chi connectivity index (χ1n) is 5.92. The molecule has 3 rings (SSSR count). The second-order valence-electron chi connectivity index (χ2n) is 3.79. The molecule has 0 spiro atoms. The van der Waals surface area contributed by atoms with Crippen molar-refractivity contribution in [1.82, 2.24) is 34.7 Å². The Balaban J connectivity index is 0.00000161. The number of nitrogens with zero attached hydrogens (tertiary/aromatic N) is 6. The summed E-state index contributed by atoms with van der Waals surface area (Å²) in [4.78, 5) is 20.6. The highest BCUT2D eigenvalue weighted by Crippen LogP contribution is 2.15. The number of H-pyrrole nitrogens is 1. The quantitative estimate of drug-likeness (QED) is 0.576. The first kappa shape index (κ1) is 15.0. The molecular weight excluding hydrogens is 290 g/mol. The monoisotopic (exact) mass is 305 g/mol. The van der Waals surface area contributed by atoms with Crippen LogP contribution in [0.5, 0.6) is 0 Å². The van der Waals surface area contributed by atoms with Gasteiger partial charge in [0.2, 0.25) is 0 Å². The van der Waals surface area contributed by atoms with Crippen molar-refractivity contribution in [2.24, 2.45) is 0 Å². The van der Waals surface area contributed by atoms with Crippen LogP contribution in [0.4, 0.5) is 0 Å². The van der Waals surface area contributed by atoms with Crippen LogP contribution in [0.2, 0.25) is 0 Å². The summed E-state index contributed by atoms with van der Waals surface area (Å²) in [5.74, 6) is 1.40. The lowest BCUT2D eigenvalue weighted by Crippen LogP contribution is -2.19. The molecule has 3 aromatic heterocycles. The molecule has 0 bridgehead atoms. The van der Waals surface area contributed by atoms with Gasteiger partial charge in [-0.2, -0.15) is 4.68 Å². The maximum absolute atomic E-state index is 12.3. The lowest BCUT2D eigenvalue weighted by atomic mass is 10.5. The Labute approximate surface area is 125 Å². The Morgan fingerprint density at radius 2 is 2.24 bits per heavy atom. The fourth-order valence-corrected chi connectivity index (χ4v) is 2.32. The van der Waals surface area contributed by atoms with Crippen LogP contribution in [-0.4, -0.2) is 40.5 Å². The fourth-order valence-electron chi connectivity index (χ4n) is 1.71. The van der Waals surface area contributed by atoms with Gasteiger partial charge in [-0.05, 0) is 5.75 Å². The summed E-state index contributed by atoms with van der Waals surface area (Å²) in [6, 6.07) is 1.76. The van der Waals surface area contributed by atoms with Crippen molar-refractivity contribution in [2.75, 3.05) is 5.75 Å². The molecule has 0 saturated carbocycles. The molecule has 110 valence electrons. The number of hydrogen-bond donors (Lipinski definition) is 1. The average molecular weight is 305 g/mol. The zero-order chi connectivity index (χ0) is 13.9. The van der Waals surface area contributed by atoms with E-state index in [-0.39, 0.29) is 13.0 Å². The number of aromatic amines is 1. The van der Waals surface area contributed by atoms with Crippen molar-refractivity contribution >= 4 is 11.8 Å². The maximum atomic E-state index is 12.3. The first-order chi connectivity index (χ1) is 9.79. The van der Waals surface area contributed by atoms with Crippen molar-refractivity contribution < 1.29 is 0 Å². The molecule has 0 aliphatic carbocycles. The number of aromatic nitrogens is 7. The minimum Gasteiger partial charge on any atom is -0.295 e. The smallest absolute Gasteiger partial charge is 0.295 e. The van der Waals surface area contributed by atoms with Gasteiger partial charge in [-0.3, -0.25) is 9.89 Å². The van der Waals surface area contributed by atoms with Gasteiger partial charge in [0.05, 0.1) is 18.6 Å². The van der Waals surface area contributed by atoms with E-state index in [9.17, 15) is 4.79 Å². The molecular formula is C12H15N7OS. The maximum Gasteiger partial charge on any atom is 0.298 e. The molecule has 0 aromatic carbocycles. The van der Waals surface area contributed by atoms with E-state index in [2.05, 4.69) is 25.4 Å². The number of nitrogens with one attached hydrogen (secondary N) is 1. The Bertz CT molecular complexity index is 762. The van der Waals surface area contributed by atoms with E-state index in [1.54, 1.807) is 30.2 Å². The molecule has 0 saturated heterocycles. The summed E-state index contributed by atoms with van der Waals surface area (Å²) in [7, 11) is 0. The van der Waals surface area contributed by atoms with Crippen LogP contribution in [-0.2, 0) is 0 Å². The molecule has 21 heavy (non-hydrogen) atoms. The predicted molar refractivity (Wildman–Crippen MR) is 80.0 cm³/mol. The molecule has 3 heterocycles. The highest BCUT2D eigenvalue weighted by atomic mass is 32.2. The standard InChI is InChI=1S/C11H11N7OS.CH4/c1-2-20-10-5-9(12-7-13-10)18-11(19)8(6-15-18)17-4-3-14-16-17;/h3-7,15H,2H2,1H3;1H4. The molecule has 0 atom stereocenters. The number of hydrogen-bond acceptors (Lipinski definition) is 6. The Hall–Kier alpha value is -2.42. The van der Waals surface area contributed by atoms with E-state index in [1.165, 1.54) is 21.9 Å². The van der Waals surface area contributed by atoms with E-state index >= 15 is 0 Å². The van der Waals surface area contributed by atoms with Gasteiger partial charge in [0, 0.05) is 6.07 Å². The Morgan fingerprint density at radius 1 is 1.38 bits per heavy atom. The molecule has 0 unspecified atom stereocenters. The average Bonchev–Trinajstić information content (AvgIpc) is 3.08. The van der Waals surface area contributed by atoms with Crippen molar-refractivity contribution in [3.05, 3.63) is 41.3 Å². The van der Waals surface area contributed by atoms with E-state index < -0.39 is 0 Å². The van der Waals surface area contributed by atoms with Gasteiger partial charge in [0.15, 0.2) is 11.5 Å². The van der Waals surface area contributed by atoms with Crippen molar-refractivity contribution in [3.8, 4) is 11.5 Å². The molecule has 9 heteroatoms. The first-order valence-corrected chi connectivity index (χ1v) is 6.90. The van der Waals surface area contributed by atoms with Crippen LogP contribution in [0.15, 0.2) is 40.8 Å². The van der Waals surface area contributed by atoms with Crippen molar-refractivity contribution in [1.29, 1.82) is 0 Å². The van der Waals surface area contributed by atoms with Crippen LogP contribution in [0, 0.1) is 0 Å². The normalized spacial score (nSPS) is 10.3. The van der Waals surface area contributed by atoms with E-state index in [1.807, 2.05) is 6.92 Å². The number of rotatable bonds is 4. The second-order valence-corrected chi connectivity index (χ2v) is 5.08. The molecule has 0 aliphatic heterocycles. The summed E-state index contributed by atoms with van der Waals surface area (Å²) in [6.07, 6.45) is 6.12. The highest BCUT2D eigenvalue weighted by molar-refractivity contribution is 7.99. The van der Waals surface area contributed by atoms with Crippen molar-refractivity contribution in [2.45, 2.75) is 19.4 Å². The van der Waals surface area contributed by atoms with Crippen LogP contribution in [0.1, 0.15) is 14.4 Å². The van der Waals surface area contributed by atoms with Crippen LogP contribution in [0.3, 0.4) is 0 Å². The summed E-state index contributed by atoms with van der Waals surface area (Å²) in [5, 5.41) is 11.2. The summed E-state index contributed by atoms with van der Waals surface area (Å²) >= 11 is 1.59. The van der Waals surface area contributed by atoms with Crippen LogP contribution in [0.25, 0.3) is 11.5 Å². The van der Waals surface area contributed by atoms with E-state index in [0.29, 0.717) is 11.5 Å². The lowest BCUT2D eigenvalue weighted by molar-refractivity contribution is 0.780. The lowest BCUT2D eigenvalue weighted by Gasteiger charge is -2.02. The van der Waals surface area contributed by atoms with Gasteiger partial charge in [-0.15, -0.1) is 16.9 Å². The molecule has 8 nitrogen and oxygen atoms in total. The van der Waals surface area contributed by atoms with Gasteiger partial charge >= 0.3 is 0 Å². The number of thioether (sulfide) groups is 1. The Kier molecular flexibility index (Phi) is 4.53. The van der Waals surface area contributed by atoms with E-state index in [0.717, 1.165) is 10.8 Å². The molecule has 3 aromatic rings. The van der Waals surface area contributed by atoms with Gasteiger partial charge in [-0.25, -0.2) is 14.6 Å². The molecule has 0 radical (unpaired) electrons. The third-order valence-corrected chi connectivity index (χ3v) is 3.38. The van der Waals surface area contributed by atoms with Crippen LogP contribution >= 0.6 is 11.8 Å². The third-order valence-electron chi connectivity index (χ3n) is 2.57. The van der Waals surface area contributed by atoms with Gasteiger partial charge in [0.1, 0.15) is 11.4 Å². The molecule has 0 aliphatic rings. The van der Waals surface area contributed by atoms with Crippen molar-refractivity contribution in [3.63, 3.8) is 0 Å². The van der Waals surface area contributed by atoms with Gasteiger partial charge in [-0.1, -0.05) is 19.6 Å². The zero-order valence-electron chi connectivity index (χ0n) is 10.6. The SMILES string of the molecule is C.CCSc1cc(-n2[nH]cc(-n3ccnn3)c2=O)ncn1. The van der Waals surface area contributed by atoms with Gasteiger partial charge < -0.3 is 0 Å². The topological polar surface area (TPSA) is 94.3 Å². The largest absolute Gasteiger partial charge is 0.298 e. The minimum atomic E-state index is -0.248. The minimum absolute atomic E-state index is 0. The van der Waals surface area contributed by atoms with Gasteiger partial charge in [0.25, 0.3) is 5.56 Å². The summed E-state index contributed by atoms with van der Waals surface area (Å²) in [6.45, 7) is 2.04. The zero-order valence-corrected chi connectivity index (χ0v) is 11.4. The molecule has 1 N–H and O–H groups in total. The molecule has 0 amide bonds. The summed E-state index contributed by atoms with van der Waals surface area (Å²) < 4.78 is 2.75. The van der Waals surface area contributed by atoms with E-state index in [4.69, 9.17) is 0 Å². The fraction of sp³-hybridized carbons (Fsp3) is 0.250. The highest BCUT2D eigenvalue weighted by Gasteiger charge is 2.11. The summed E-state index contributed by atoms with van der Waals surface area (Å²) in [5.41, 5.74) is 0.132. The third kappa shape index (κ3) is 2.87. The predicted octanol–water partition coefficient (Wildman–Crippen LogP) is 1.28. The van der Waals surface area contributed by atoms with Crippen LogP contribution < -0.4 is 5.56 Å².